The number of ether oxygens (including phenoxy) is 1. The standard InChI is InChI=1S/C48H38N4O7/c1-2-47(26-17-41(53)45(57)42(54)18-26,33-22-49-37-12-6-3-9-29(33)37)34-23-50-40-16-15-28(21-32(34)40)59-46-43(55)19-27(20-44(46)56)48(58,35-24-51-38-13-7-4-10-30(35)38)36-25-52-39-14-8-5-11-31(36)39/h3-25,49-58H,2H2,1H3. The van der Waals surface area contributed by atoms with Crippen molar-refractivity contribution in [3.05, 3.63) is 173 Å². The average molecular weight is 783 g/mol. The van der Waals surface area contributed by atoms with Crippen molar-refractivity contribution in [2.24, 2.45) is 0 Å². The number of hydrogen-bond donors (Lipinski definition) is 10. The summed E-state index contributed by atoms with van der Waals surface area (Å²) in [6.07, 6.45) is 7.74. The van der Waals surface area contributed by atoms with Gasteiger partial charge in [0.2, 0.25) is 5.75 Å². The van der Waals surface area contributed by atoms with E-state index in [2.05, 4.69) is 19.9 Å². The van der Waals surface area contributed by atoms with Crippen LogP contribution in [0.2, 0.25) is 0 Å². The van der Waals surface area contributed by atoms with Crippen LogP contribution in [0.15, 0.2) is 140 Å². The van der Waals surface area contributed by atoms with Gasteiger partial charge in [-0.25, -0.2) is 0 Å². The number of fused-ring (bicyclic) bond motifs is 4. The number of H-pyrrole nitrogens is 4. The lowest BCUT2D eigenvalue weighted by Gasteiger charge is -2.34. The maximum Gasteiger partial charge on any atom is 0.210 e. The quantitative estimate of drug-likeness (QED) is 0.0644. The second-order valence-electron chi connectivity index (χ2n) is 14.9. The Morgan fingerprint density at radius 1 is 0.475 bits per heavy atom. The molecule has 10 N–H and O–H groups in total. The molecule has 11 heteroatoms. The van der Waals surface area contributed by atoms with Crippen LogP contribution in [0.25, 0.3) is 43.6 Å². The number of para-hydroxylation sites is 3. The molecule has 0 bridgehead atoms. The van der Waals surface area contributed by atoms with E-state index in [-0.39, 0.29) is 11.3 Å². The van der Waals surface area contributed by atoms with E-state index in [0.717, 1.165) is 54.7 Å². The number of nitrogens with one attached hydrogen (secondary N) is 4. The Hall–Kier alpha value is -7.76. The molecular weight excluding hydrogens is 745 g/mol. The van der Waals surface area contributed by atoms with Crippen LogP contribution in [0, 0.1) is 0 Å². The van der Waals surface area contributed by atoms with Crippen LogP contribution in [-0.4, -0.2) is 50.6 Å². The zero-order valence-corrected chi connectivity index (χ0v) is 31.6. The molecule has 1 atom stereocenters. The van der Waals surface area contributed by atoms with Crippen molar-refractivity contribution in [3.63, 3.8) is 0 Å². The molecule has 4 aromatic heterocycles. The molecule has 0 aliphatic heterocycles. The zero-order chi connectivity index (χ0) is 40.6. The summed E-state index contributed by atoms with van der Waals surface area (Å²) in [5.74, 6) is -2.25. The number of benzene rings is 6. The third-order valence-electron chi connectivity index (χ3n) is 11.9. The minimum Gasteiger partial charge on any atom is -0.504 e. The second-order valence-corrected chi connectivity index (χ2v) is 14.9. The molecular formula is C48H38N4O7. The Morgan fingerprint density at radius 3 is 1.41 bits per heavy atom. The van der Waals surface area contributed by atoms with Gasteiger partial charge in [-0.15, -0.1) is 0 Å². The number of phenols is 5. The molecule has 0 spiro atoms. The van der Waals surface area contributed by atoms with Crippen LogP contribution in [-0.2, 0) is 11.0 Å². The fraction of sp³-hybridized carbons (Fsp3) is 0.0833. The molecule has 10 rings (SSSR count). The summed E-state index contributed by atoms with van der Waals surface area (Å²) in [5.41, 5.74) is 3.90. The summed E-state index contributed by atoms with van der Waals surface area (Å²) >= 11 is 0. The molecule has 10 aromatic rings. The monoisotopic (exact) mass is 782 g/mol. The highest BCUT2D eigenvalue weighted by molar-refractivity contribution is 5.93. The van der Waals surface area contributed by atoms with Crippen molar-refractivity contribution in [2.75, 3.05) is 0 Å². The first kappa shape index (κ1) is 35.6. The highest BCUT2D eigenvalue weighted by Gasteiger charge is 2.41. The van der Waals surface area contributed by atoms with E-state index in [0.29, 0.717) is 28.9 Å². The molecule has 1 unspecified atom stereocenters. The highest BCUT2D eigenvalue weighted by Crippen LogP contribution is 2.52. The maximum atomic E-state index is 13.0. The lowest BCUT2D eigenvalue weighted by atomic mass is 9.67. The molecule has 0 radical (unpaired) electrons. The van der Waals surface area contributed by atoms with Gasteiger partial charge in [-0.05, 0) is 83.8 Å². The maximum absolute atomic E-state index is 13.0. The highest BCUT2D eigenvalue weighted by atomic mass is 16.5. The summed E-state index contributed by atoms with van der Waals surface area (Å²) in [6, 6.07) is 34.1. The Kier molecular flexibility index (Phi) is 7.94. The van der Waals surface area contributed by atoms with E-state index >= 15 is 0 Å². The van der Waals surface area contributed by atoms with E-state index in [1.165, 1.54) is 24.3 Å². The van der Waals surface area contributed by atoms with Crippen molar-refractivity contribution in [1.82, 2.24) is 19.9 Å². The van der Waals surface area contributed by atoms with Crippen molar-refractivity contribution >= 4 is 43.6 Å². The lowest BCUT2D eigenvalue weighted by molar-refractivity contribution is 0.128. The number of phenolic OH excluding ortho intramolecular Hbond substituents is 5. The number of aromatic nitrogens is 4. The Labute approximate surface area is 336 Å². The van der Waals surface area contributed by atoms with Crippen LogP contribution < -0.4 is 4.74 Å². The molecule has 0 aliphatic rings. The molecule has 59 heavy (non-hydrogen) atoms. The van der Waals surface area contributed by atoms with Gasteiger partial charge in [0.1, 0.15) is 11.4 Å². The van der Waals surface area contributed by atoms with E-state index in [4.69, 9.17) is 4.74 Å². The SMILES string of the molecule is CCC(c1cc(O)c(O)c(O)c1)(c1c[nH]c2ccccc12)c1c[nH]c2ccc(Oc3c(O)cc(C(O)(c4c[nH]c5ccccc45)c4c[nH]c5ccccc45)cc3O)cc12. The normalized spacial score (nSPS) is 13.1. The van der Waals surface area contributed by atoms with Crippen LogP contribution in [0.3, 0.4) is 0 Å². The average Bonchev–Trinajstić information content (AvgIpc) is 4.07. The van der Waals surface area contributed by atoms with Gasteiger partial charge < -0.3 is 55.3 Å². The second kappa shape index (κ2) is 13.2. The van der Waals surface area contributed by atoms with E-state index < -0.39 is 39.8 Å². The van der Waals surface area contributed by atoms with Crippen LogP contribution in [0.4, 0.5) is 0 Å². The summed E-state index contributed by atoms with van der Waals surface area (Å²) in [4.78, 5) is 13.2. The number of rotatable bonds is 9. The molecule has 6 aromatic carbocycles. The fourth-order valence-corrected chi connectivity index (χ4v) is 9.06. The molecule has 0 amide bonds. The first-order chi connectivity index (χ1) is 28.6. The summed E-state index contributed by atoms with van der Waals surface area (Å²) < 4.78 is 6.30. The summed E-state index contributed by atoms with van der Waals surface area (Å²) in [7, 11) is 0. The van der Waals surface area contributed by atoms with Crippen LogP contribution in [0.5, 0.6) is 40.2 Å². The van der Waals surface area contributed by atoms with Crippen molar-refractivity contribution < 1.29 is 35.4 Å². The van der Waals surface area contributed by atoms with Gasteiger partial charge in [0.05, 0.1) is 0 Å². The Morgan fingerprint density at radius 2 is 0.898 bits per heavy atom. The van der Waals surface area contributed by atoms with Crippen molar-refractivity contribution in [3.8, 4) is 40.2 Å². The predicted molar refractivity (Wildman–Crippen MR) is 227 cm³/mol. The van der Waals surface area contributed by atoms with Crippen LogP contribution >= 0.6 is 0 Å². The third-order valence-corrected chi connectivity index (χ3v) is 11.9. The van der Waals surface area contributed by atoms with E-state index in [1.807, 2.05) is 98.2 Å². The first-order valence-corrected chi connectivity index (χ1v) is 19.1. The molecule has 11 nitrogen and oxygen atoms in total. The van der Waals surface area contributed by atoms with Gasteiger partial charge in [-0.3, -0.25) is 0 Å². The molecule has 0 fully saturated rings. The van der Waals surface area contributed by atoms with Gasteiger partial charge in [-0.1, -0.05) is 61.5 Å². The molecule has 292 valence electrons. The van der Waals surface area contributed by atoms with Crippen LogP contribution in [0.1, 0.15) is 46.7 Å². The lowest BCUT2D eigenvalue weighted by Crippen LogP contribution is -2.28. The van der Waals surface area contributed by atoms with Gasteiger partial charge >= 0.3 is 0 Å². The molecule has 0 saturated heterocycles. The number of aromatic amines is 4. The predicted octanol–water partition coefficient (Wildman–Crippen LogP) is 9.96. The minimum absolute atomic E-state index is 0.211. The number of aliphatic hydroxyl groups is 1. The fourth-order valence-electron chi connectivity index (χ4n) is 9.06. The smallest absolute Gasteiger partial charge is 0.210 e. The summed E-state index contributed by atoms with van der Waals surface area (Å²) in [5, 5.41) is 71.4. The van der Waals surface area contributed by atoms with E-state index in [1.54, 1.807) is 24.5 Å². The minimum atomic E-state index is -1.84. The summed E-state index contributed by atoms with van der Waals surface area (Å²) in [6.45, 7) is 2.01. The molecule has 4 heterocycles. The first-order valence-electron chi connectivity index (χ1n) is 19.1. The topological polar surface area (TPSA) is 194 Å². The van der Waals surface area contributed by atoms with E-state index in [9.17, 15) is 30.6 Å². The van der Waals surface area contributed by atoms with Crippen molar-refractivity contribution in [2.45, 2.75) is 24.4 Å². The third kappa shape index (κ3) is 5.25. The molecule has 0 saturated carbocycles. The van der Waals surface area contributed by atoms with Gasteiger partial charge in [0, 0.05) is 90.5 Å². The van der Waals surface area contributed by atoms with Gasteiger partial charge in [0.25, 0.3) is 0 Å². The Balaban J connectivity index is 1.11. The van der Waals surface area contributed by atoms with Crippen molar-refractivity contribution in [1.29, 1.82) is 0 Å². The van der Waals surface area contributed by atoms with Gasteiger partial charge in [-0.2, -0.15) is 0 Å². The number of hydrogen-bond acceptors (Lipinski definition) is 7. The largest absolute Gasteiger partial charge is 0.504 e. The number of aromatic hydroxyl groups is 5. The van der Waals surface area contributed by atoms with Gasteiger partial charge in [0.15, 0.2) is 28.7 Å². The Bertz CT molecular complexity index is 3120. The molecule has 0 aliphatic carbocycles. The zero-order valence-electron chi connectivity index (χ0n) is 31.6.